The first-order chi connectivity index (χ1) is 6.17. The summed E-state index contributed by atoms with van der Waals surface area (Å²) in [5, 5.41) is 6.80. The second-order valence-electron chi connectivity index (χ2n) is 4.33. The van der Waals surface area contributed by atoms with Gasteiger partial charge in [-0.25, -0.2) is 0 Å². The van der Waals surface area contributed by atoms with E-state index >= 15 is 0 Å². The molecule has 0 atom stereocenters. The molecule has 3 nitrogen and oxygen atoms in total. The van der Waals surface area contributed by atoms with Crippen molar-refractivity contribution < 1.29 is 0 Å². The van der Waals surface area contributed by atoms with E-state index in [1.807, 2.05) is 0 Å². The Morgan fingerprint density at radius 2 is 1.92 bits per heavy atom. The summed E-state index contributed by atoms with van der Waals surface area (Å²) in [4.78, 5) is 2.56. The average molecular weight is 185 g/mol. The van der Waals surface area contributed by atoms with Crippen LogP contribution in [0.3, 0.4) is 0 Å². The lowest BCUT2D eigenvalue weighted by Gasteiger charge is -2.41. The second kappa shape index (κ2) is 4.94. The van der Waals surface area contributed by atoms with Crippen LogP contribution in [0.5, 0.6) is 0 Å². The minimum Gasteiger partial charge on any atom is -0.315 e. The Kier molecular flexibility index (Phi) is 4.16. The molecule has 1 fully saturated rings. The standard InChI is InChI=1S/C10H23N3/c1-4-11-9-10(2,3)13-7-5-12-6-8-13/h11-12H,4-9H2,1-3H3. The third kappa shape index (κ3) is 3.25. The largest absolute Gasteiger partial charge is 0.315 e. The molecule has 0 unspecified atom stereocenters. The molecular weight excluding hydrogens is 162 g/mol. The number of nitrogens with zero attached hydrogens (tertiary/aromatic N) is 1. The van der Waals surface area contributed by atoms with Crippen molar-refractivity contribution in [1.29, 1.82) is 0 Å². The van der Waals surface area contributed by atoms with E-state index in [0.717, 1.165) is 26.2 Å². The van der Waals surface area contributed by atoms with Gasteiger partial charge in [-0.1, -0.05) is 6.92 Å². The molecule has 1 aliphatic rings. The van der Waals surface area contributed by atoms with Crippen molar-refractivity contribution in [3.63, 3.8) is 0 Å². The van der Waals surface area contributed by atoms with Crippen LogP contribution in [0.2, 0.25) is 0 Å². The molecule has 0 saturated carbocycles. The lowest BCUT2D eigenvalue weighted by atomic mass is 10.0. The van der Waals surface area contributed by atoms with Gasteiger partial charge in [-0.2, -0.15) is 0 Å². The van der Waals surface area contributed by atoms with Gasteiger partial charge in [0.2, 0.25) is 0 Å². The highest BCUT2D eigenvalue weighted by atomic mass is 15.2. The highest BCUT2D eigenvalue weighted by Crippen LogP contribution is 2.13. The van der Waals surface area contributed by atoms with Gasteiger partial charge in [0.25, 0.3) is 0 Å². The number of nitrogens with one attached hydrogen (secondary N) is 2. The van der Waals surface area contributed by atoms with Crippen molar-refractivity contribution in [3.05, 3.63) is 0 Å². The quantitative estimate of drug-likeness (QED) is 0.659. The smallest absolute Gasteiger partial charge is 0.0278 e. The third-order valence-electron chi connectivity index (χ3n) is 2.78. The summed E-state index contributed by atoms with van der Waals surface area (Å²) in [5.41, 5.74) is 0.304. The zero-order chi connectivity index (χ0) is 9.73. The van der Waals surface area contributed by atoms with E-state index in [1.54, 1.807) is 0 Å². The first-order valence-electron chi connectivity index (χ1n) is 5.33. The molecule has 1 saturated heterocycles. The van der Waals surface area contributed by atoms with Gasteiger partial charge in [-0.3, -0.25) is 4.90 Å². The van der Waals surface area contributed by atoms with E-state index in [4.69, 9.17) is 0 Å². The number of rotatable bonds is 4. The maximum atomic E-state index is 3.42. The van der Waals surface area contributed by atoms with Gasteiger partial charge >= 0.3 is 0 Å². The van der Waals surface area contributed by atoms with Gasteiger partial charge < -0.3 is 10.6 Å². The van der Waals surface area contributed by atoms with Gasteiger partial charge in [-0.05, 0) is 20.4 Å². The summed E-state index contributed by atoms with van der Waals surface area (Å²) in [6, 6.07) is 0. The minimum atomic E-state index is 0.304. The first-order valence-corrected chi connectivity index (χ1v) is 5.33. The van der Waals surface area contributed by atoms with Crippen molar-refractivity contribution in [3.8, 4) is 0 Å². The van der Waals surface area contributed by atoms with Crippen molar-refractivity contribution in [2.24, 2.45) is 0 Å². The fourth-order valence-electron chi connectivity index (χ4n) is 1.81. The SMILES string of the molecule is CCNCC(C)(C)N1CCNCC1. The molecule has 1 heterocycles. The van der Waals surface area contributed by atoms with Crippen LogP contribution < -0.4 is 10.6 Å². The fraction of sp³-hybridized carbons (Fsp3) is 1.00. The summed E-state index contributed by atoms with van der Waals surface area (Å²) in [6.07, 6.45) is 0. The van der Waals surface area contributed by atoms with Crippen molar-refractivity contribution in [2.75, 3.05) is 39.3 Å². The van der Waals surface area contributed by atoms with Crippen LogP contribution in [0, 0.1) is 0 Å². The second-order valence-corrected chi connectivity index (χ2v) is 4.33. The first kappa shape index (κ1) is 11.0. The van der Waals surface area contributed by atoms with Crippen molar-refractivity contribution >= 4 is 0 Å². The minimum absolute atomic E-state index is 0.304. The molecule has 0 spiro atoms. The van der Waals surface area contributed by atoms with Crippen LogP contribution in [0.1, 0.15) is 20.8 Å². The molecule has 1 rings (SSSR count). The predicted molar refractivity (Wildman–Crippen MR) is 57.1 cm³/mol. The normalized spacial score (nSPS) is 20.5. The highest BCUT2D eigenvalue weighted by Gasteiger charge is 2.26. The van der Waals surface area contributed by atoms with Crippen LogP contribution >= 0.6 is 0 Å². The predicted octanol–water partition coefficient (Wildman–Crippen LogP) is 0.280. The van der Waals surface area contributed by atoms with E-state index in [9.17, 15) is 0 Å². The Morgan fingerprint density at radius 1 is 1.31 bits per heavy atom. The Balaban J connectivity index is 2.36. The van der Waals surface area contributed by atoms with E-state index in [2.05, 4.69) is 36.3 Å². The van der Waals surface area contributed by atoms with Crippen molar-refractivity contribution in [1.82, 2.24) is 15.5 Å². The lowest BCUT2D eigenvalue weighted by molar-refractivity contribution is 0.103. The van der Waals surface area contributed by atoms with Gasteiger partial charge in [0.1, 0.15) is 0 Å². The molecule has 78 valence electrons. The highest BCUT2D eigenvalue weighted by molar-refractivity contribution is 4.86. The number of hydrogen-bond acceptors (Lipinski definition) is 3. The monoisotopic (exact) mass is 185 g/mol. The molecule has 13 heavy (non-hydrogen) atoms. The van der Waals surface area contributed by atoms with Crippen molar-refractivity contribution in [2.45, 2.75) is 26.3 Å². The van der Waals surface area contributed by atoms with E-state index in [1.165, 1.54) is 13.1 Å². The molecule has 1 aliphatic heterocycles. The Labute approximate surface area is 81.9 Å². The molecule has 0 aromatic heterocycles. The molecule has 0 aromatic carbocycles. The molecule has 0 aromatic rings. The molecule has 2 N–H and O–H groups in total. The molecule has 0 bridgehead atoms. The number of hydrogen-bond donors (Lipinski definition) is 2. The summed E-state index contributed by atoms with van der Waals surface area (Å²) >= 11 is 0. The maximum Gasteiger partial charge on any atom is 0.0278 e. The van der Waals surface area contributed by atoms with E-state index in [0.29, 0.717) is 5.54 Å². The van der Waals surface area contributed by atoms with E-state index < -0.39 is 0 Å². The molecule has 0 amide bonds. The van der Waals surface area contributed by atoms with Crippen LogP contribution in [0.4, 0.5) is 0 Å². The van der Waals surface area contributed by atoms with Crippen LogP contribution in [-0.4, -0.2) is 49.7 Å². The molecule has 0 radical (unpaired) electrons. The van der Waals surface area contributed by atoms with Crippen LogP contribution in [0.25, 0.3) is 0 Å². The zero-order valence-electron chi connectivity index (χ0n) is 9.19. The van der Waals surface area contributed by atoms with E-state index in [-0.39, 0.29) is 0 Å². The molecule has 3 heteroatoms. The summed E-state index contributed by atoms with van der Waals surface area (Å²) in [7, 11) is 0. The third-order valence-corrected chi connectivity index (χ3v) is 2.78. The van der Waals surface area contributed by atoms with Gasteiger partial charge in [-0.15, -0.1) is 0 Å². The topological polar surface area (TPSA) is 27.3 Å². The maximum absolute atomic E-state index is 3.42. The molecule has 0 aliphatic carbocycles. The summed E-state index contributed by atoms with van der Waals surface area (Å²) in [6.45, 7) is 13.6. The Bertz CT molecular complexity index is 139. The zero-order valence-corrected chi connectivity index (χ0v) is 9.19. The average Bonchev–Trinajstić information content (AvgIpc) is 2.16. The fourth-order valence-corrected chi connectivity index (χ4v) is 1.81. The van der Waals surface area contributed by atoms with Gasteiger partial charge in [0.15, 0.2) is 0 Å². The lowest BCUT2D eigenvalue weighted by Crippen LogP contribution is -2.57. The van der Waals surface area contributed by atoms with Crippen LogP contribution in [-0.2, 0) is 0 Å². The number of likely N-dealkylation sites (N-methyl/N-ethyl adjacent to an activating group) is 1. The Morgan fingerprint density at radius 3 is 2.46 bits per heavy atom. The number of piperazine rings is 1. The summed E-state index contributed by atoms with van der Waals surface area (Å²) < 4.78 is 0. The summed E-state index contributed by atoms with van der Waals surface area (Å²) in [5.74, 6) is 0. The van der Waals surface area contributed by atoms with Crippen LogP contribution in [0.15, 0.2) is 0 Å². The molecular formula is C10H23N3. The Hall–Kier alpha value is -0.120. The van der Waals surface area contributed by atoms with Gasteiger partial charge in [0, 0.05) is 38.3 Å². The van der Waals surface area contributed by atoms with Gasteiger partial charge in [0.05, 0.1) is 0 Å².